The van der Waals surface area contributed by atoms with Gasteiger partial charge in [-0.05, 0) is 75.5 Å². The lowest BCUT2D eigenvalue weighted by molar-refractivity contribution is 0.669. The van der Waals surface area contributed by atoms with E-state index in [1.165, 1.54) is 21.9 Å². The maximum absolute atomic E-state index is 6.07. The number of hydrogen-bond acceptors (Lipinski definition) is 2. The number of nitrogens with one attached hydrogen (secondary N) is 1. The molecule has 0 saturated carbocycles. The minimum absolute atomic E-state index is 0.919. The number of anilines is 2. The highest BCUT2D eigenvalue weighted by molar-refractivity contribution is 6.05. The normalized spacial score (nSPS) is 11.3. The first-order valence-electron chi connectivity index (χ1n) is 12.2. The third kappa shape index (κ3) is 3.60. The Hall–Kier alpha value is -4.82. The molecule has 1 N–H and O–H groups in total. The Morgan fingerprint density at radius 3 is 1.83 bits per heavy atom. The van der Waals surface area contributed by atoms with Crippen LogP contribution < -0.4 is 5.32 Å². The summed E-state index contributed by atoms with van der Waals surface area (Å²) < 4.78 is 6.07. The zero-order chi connectivity index (χ0) is 23.9. The molecule has 2 heteroatoms. The average Bonchev–Trinajstić information content (AvgIpc) is 3.32. The molecule has 0 aliphatic carbocycles. The lowest BCUT2D eigenvalue weighted by Gasteiger charge is -2.10. The number of hydrogen-bond donors (Lipinski definition) is 1. The molecule has 0 radical (unpaired) electrons. The number of para-hydroxylation sites is 1. The minimum atomic E-state index is 0.919. The molecule has 1 heterocycles. The molecule has 0 aliphatic rings. The van der Waals surface area contributed by atoms with Crippen molar-refractivity contribution in [3.63, 3.8) is 0 Å². The number of rotatable bonds is 4. The van der Waals surface area contributed by atoms with Gasteiger partial charge in [0, 0.05) is 22.1 Å². The van der Waals surface area contributed by atoms with Crippen molar-refractivity contribution in [3.05, 3.63) is 133 Å². The predicted molar refractivity (Wildman–Crippen MR) is 152 cm³/mol. The number of furan rings is 1. The molecule has 0 unspecified atom stereocenters. The molecule has 6 aromatic carbocycles. The molecule has 0 bridgehead atoms. The smallest absolute Gasteiger partial charge is 0.136 e. The molecule has 0 amide bonds. The minimum Gasteiger partial charge on any atom is -0.456 e. The zero-order valence-electron chi connectivity index (χ0n) is 19.6. The SMILES string of the molecule is c1ccc2c(-c3ccc(Nc4ccc(-c5ccc6c(c5)oc5ccccc56)cc4)cc3)cccc2c1. The van der Waals surface area contributed by atoms with Crippen molar-refractivity contribution in [2.24, 2.45) is 0 Å². The fourth-order valence-electron chi connectivity index (χ4n) is 5.03. The van der Waals surface area contributed by atoms with Crippen LogP contribution in [0.5, 0.6) is 0 Å². The van der Waals surface area contributed by atoms with Gasteiger partial charge >= 0.3 is 0 Å². The highest BCUT2D eigenvalue weighted by Gasteiger charge is 2.08. The molecule has 2 nitrogen and oxygen atoms in total. The Bertz CT molecular complexity index is 1840. The van der Waals surface area contributed by atoms with Crippen molar-refractivity contribution < 1.29 is 4.42 Å². The highest BCUT2D eigenvalue weighted by atomic mass is 16.3. The van der Waals surface area contributed by atoms with Crippen LogP contribution in [0.2, 0.25) is 0 Å². The fraction of sp³-hybridized carbons (Fsp3) is 0. The van der Waals surface area contributed by atoms with E-state index in [1.54, 1.807) is 0 Å². The second-order valence-electron chi connectivity index (χ2n) is 9.12. The quantitative estimate of drug-likeness (QED) is 0.282. The Kier molecular flexibility index (Phi) is 4.82. The largest absolute Gasteiger partial charge is 0.456 e. The van der Waals surface area contributed by atoms with Crippen molar-refractivity contribution in [3.8, 4) is 22.3 Å². The first kappa shape index (κ1) is 20.5. The molecule has 0 atom stereocenters. The Labute approximate surface area is 209 Å². The molecule has 170 valence electrons. The molecule has 36 heavy (non-hydrogen) atoms. The van der Waals surface area contributed by atoms with Crippen LogP contribution in [0.25, 0.3) is 55.0 Å². The first-order chi connectivity index (χ1) is 17.8. The zero-order valence-corrected chi connectivity index (χ0v) is 19.6. The molecule has 7 aromatic rings. The molecule has 1 aromatic heterocycles. The summed E-state index contributed by atoms with van der Waals surface area (Å²) in [6.07, 6.45) is 0. The van der Waals surface area contributed by atoms with Gasteiger partial charge in [0.15, 0.2) is 0 Å². The van der Waals surface area contributed by atoms with Crippen LogP contribution in [-0.2, 0) is 0 Å². The Morgan fingerprint density at radius 2 is 1.03 bits per heavy atom. The van der Waals surface area contributed by atoms with Crippen LogP contribution in [-0.4, -0.2) is 0 Å². The summed E-state index contributed by atoms with van der Waals surface area (Å²) in [5, 5.41) is 8.37. The van der Waals surface area contributed by atoms with Crippen LogP contribution in [0.15, 0.2) is 138 Å². The molecule has 0 saturated heterocycles. The maximum Gasteiger partial charge on any atom is 0.136 e. The van der Waals surface area contributed by atoms with E-state index in [9.17, 15) is 0 Å². The third-order valence-electron chi connectivity index (χ3n) is 6.87. The molecule has 0 fully saturated rings. The highest BCUT2D eigenvalue weighted by Crippen LogP contribution is 2.33. The van der Waals surface area contributed by atoms with E-state index in [-0.39, 0.29) is 0 Å². The summed E-state index contributed by atoms with van der Waals surface area (Å²) in [5.74, 6) is 0. The average molecular weight is 462 g/mol. The maximum atomic E-state index is 6.07. The van der Waals surface area contributed by atoms with Crippen molar-refractivity contribution >= 4 is 44.1 Å². The summed E-state index contributed by atoms with van der Waals surface area (Å²) in [4.78, 5) is 0. The van der Waals surface area contributed by atoms with Gasteiger partial charge in [0.2, 0.25) is 0 Å². The first-order valence-corrected chi connectivity index (χ1v) is 12.2. The molecule has 0 spiro atoms. The molecular weight excluding hydrogens is 438 g/mol. The van der Waals surface area contributed by atoms with E-state index in [0.717, 1.165) is 44.4 Å². The lowest BCUT2D eigenvalue weighted by atomic mass is 9.98. The van der Waals surface area contributed by atoms with E-state index in [4.69, 9.17) is 4.42 Å². The number of benzene rings is 6. The van der Waals surface area contributed by atoms with Crippen molar-refractivity contribution in [2.75, 3.05) is 5.32 Å². The Morgan fingerprint density at radius 1 is 0.417 bits per heavy atom. The van der Waals surface area contributed by atoms with E-state index >= 15 is 0 Å². The summed E-state index contributed by atoms with van der Waals surface area (Å²) >= 11 is 0. The monoisotopic (exact) mass is 461 g/mol. The summed E-state index contributed by atoms with van der Waals surface area (Å²) in [7, 11) is 0. The van der Waals surface area contributed by atoms with E-state index < -0.39 is 0 Å². The molecule has 0 aliphatic heterocycles. The molecular formula is C34H23NO. The second kappa shape index (κ2) is 8.44. The third-order valence-corrected chi connectivity index (χ3v) is 6.87. The number of fused-ring (bicyclic) bond motifs is 4. The fourth-order valence-corrected chi connectivity index (χ4v) is 5.03. The lowest BCUT2D eigenvalue weighted by Crippen LogP contribution is -1.90. The van der Waals surface area contributed by atoms with Crippen molar-refractivity contribution in [1.29, 1.82) is 0 Å². The summed E-state index contributed by atoms with van der Waals surface area (Å²) in [6, 6.07) is 46.8. The van der Waals surface area contributed by atoms with E-state index in [0.29, 0.717) is 0 Å². The van der Waals surface area contributed by atoms with Gasteiger partial charge in [-0.2, -0.15) is 0 Å². The van der Waals surface area contributed by atoms with E-state index in [2.05, 4.69) is 121 Å². The van der Waals surface area contributed by atoms with Crippen LogP contribution in [0.3, 0.4) is 0 Å². The standard InChI is InChI=1S/C34H23NO/c1-2-8-29-24(6-1)7-5-10-30(29)25-14-19-28(20-15-25)35-27-17-12-23(13-18-27)26-16-21-32-31-9-3-4-11-33(31)36-34(32)22-26/h1-22,35H. The van der Waals surface area contributed by atoms with Gasteiger partial charge in [0.05, 0.1) is 0 Å². The summed E-state index contributed by atoms with van der Waals surface area (Å²) in [5.41, 5.74) is 8.75. The van der Waals surface area contributed by atoms with Gasteiger partial charge in [0.25, 0.3) is 0 Å². The van der Waals surface area contributed by atoms with Gasteiger partial charge in [-0.15, -0.1) is 0 Å². The van der Waals surface area contributed by atoms with Crippen molar-refractivity contribution in [1.82, 2.24) is 0 Å². The van der Waals surface area contributed by atoms with Crippen LogP contribution in [0.1, 0.15) is 0 Å². The second-order valence-corrected chi connectivity index (χ2v) is 9.12. The predicted octanol–water partition coefficient (Wildman–Crippen LogP) is 9.82. The Balaban J connectivity index is 1.12. The van der Waals surface area contributed by atoms with Gasteiger partial charge in [-0.3, -0.25) is 0 Å². The van der Waals surface area contributed by atoms with Crippen molar-refractivity contribution in [2.45, 2.75) is 0 Å². The van der Waals surface area contributed by atoms with Gasteiger partial charge < -0.3 is 9.73 Å². The molecule has 7 rings (SSSR count). The van der Waals surface area contributed by atoms with Crippen LogP contribution >= 0.6 is 0 Å². The van der Waals surface area contributed by atoms with E-state index in [1.807, 2.05) is 18.2 Å². The van der Waals surface area contributed by atoms with Crippen LogP contribution in [0.4, 0.5) is 11.4 Å². The van der Waals surface area contributed by atoms with Gasteiger partial charge in [0.1, 0.15) is 11.2 Å². The topological polar surface area (TPSA) is 25.2 Å². The van der Waals surface area contributed by atoms with Gasteiger partial charge in [-0.25, -0.2) is 0 Å². The summed E-state index contributed by atoms with van der Waals surface area (Å²) in [6.45, 7) is 0. The van der Waals surface area contributed by atoms with Crippen LogP contribution in [0, 0.1) is 0 Å². The van der Waals surface area contributed by atoms with Gasteiger partial charge in [-0.1, -0.05) is 91.0 Å².